The number of aryl methyl sites for hydroxylation is 1. The van der Waals surface area contributed by atoms with Gasteiger partial charge in [-0.1, -0.05) is 6.07 Å². The van der Waals surface area contributed by atoms with E-state index in [-0.39, 0.29) is 11.7 Å². The Morgan fingerprint density at radius 2 is 2.32 bits per heavy atom. The number of carbonyl (C=O) groups is 1. The summed E-state index contributed by atoms with van der Waals surface area (Å²) in [7, 11) is 1.70. The number of rotatable bonds is 6. The molecule has 0 saturated carbocycles. The minimum atomic E-state index is -0.424. The highest BCUT2D eigenvalue weighted by Gasteiger charge is 2.22. The monoisotopic (exact) mass is 309 g/mol. The molecule has 1 aliphatic rings. The maximum atomic E-state index is 13.6. The number of benzene rings is 1. The predicted octanol–water partition coefficient (Wildman–Crippen LogP) is 2.22. The minimum absolute atomic E-state index is 0.214. The van der Waals surface area contributed by atoms with Crippen molar-refractivity contribution in [2.45, 2.75) is 13.3 Å². The number of amides is 2. The highest BCUT2D eigenvalue weighted by atomic mass is 19.1. The van der Waals surface area contributed by atoms with E-state index >= 15 is 0 Å². The van der Waals surface area contributed by atoms with Crippen LogP contribution in [0.3, 0.4) is 0 Å². The number of ether oxygens (including phenoxy) is 1. The average molecular weight is 309 g/mol. The fourth-order valence-electron chi connectivity index (χ4n) is 2.64. The number of nitrogens with one attached hydrogen (secondary N) is 2. The number of anilines is 1. The lowest BCUT2D eigenvalue weighted by molar-refractivity contribution is 0.159. The second-order valence-electron chi connectivity index (χ2n) is 5.77. The lowest BCUT2D eigenvalue weighted by Crippen LogP contribution is -2.34. The summed E-state index contributed by atoms with van der Waals surface area (Å²) in [6, 6.07) is 4.29. The molecule has 6 heteroatoms. The number of nitrogens with zero attached hydrogens (tertiary/aromatic N) is 1. The van der Waals surface area contributed by atoms with Gasteiger partial charge in [0.15, 0.2) is 0 Å². The van der Waals surface area contributed by atoms with Gasteiger partial charge in [-0.05, 0) is 43.5 Å². The first-order chi connectivity index (χ1) is 10.6. The topological polar surface area (TPSA) is 53.6 Å². The van der Waals surface area contributed by atoms with Crippen LogP contribution in [-0.2, 0) is 4.74 Å². The molecule has 0 spiro atoms. The van der Waals surface area contributed by atoms with Crippen LogP contribution in [0.15, 0.2) is 18.2 Å². The Hall–Kier alpha value is -1.66. The van der Waals surface area contributed by atoms with Crippen molar-refractivity contribution in [2.24, 2.45) is 5.92 Å². The standard InChI is InChI=1S/C16H24FN3O2/c1-12-3-4-14(17)15(9-12)19-16(21)18-10-13-5-6-20(11-13)7-8-22-2/h3-4,9,13H,5-8,10-11H2,1-2H3,(H2,18,19,21)/t13-/m1/s1. The largest absolute Gasteiger partial charge is 0.383 e. The third-order valence-electron chi connectivity index (χ3n) is 3.90. The van der Waals surface area contributed by atoms with E-state index in [9.17, 15) is 9.18 Å². The molecule has 0 aliphatic carbocycles. The van der Waals surface area contributed by atoms with Crippen LogP contribution in [-0.4, -0.2) is 50.8 Å². The van der Waals surface area contributed by atoms with Crippen LogP contribution in [0.5, 0.6) is 0 Å². The van der Waals surface area contributed by atoms with Gasteiger partial charge in [0.2, 0.25) is 0 Å². The van der Waals surface area contributed by atoms with E-state index in [1.165, 1.54) is 6.07 Å². The Morgan fingerprint density at radius 1 is 1.50 bits per heavy atom. The lowest BCUT2D eigenvalue weighted by atomic mass is 10.1. The molecule has 1 heterocycles. The van der Waals surface area contributed by atoms with Crippen molar-refractivity contribution in [3.8, 4) is 0 Å². The molecule has 5 nitrogen and oxygen atoms in total. The molecule has 1 aliphatic heterocycles. The number of hydrogen-bond donors (Lipinski definition) is 2. The maximum Gasteiger partial charge on any atom is 0.319 e. The fraction of sp³-hybridized carbons (Fsp3) is 0.562. The zero-order valence-electron chi connectivity index (χ0n) is 13.2. The second-order valence-corrected chi connectivity index (χ2v) is 5.77. The molecule has 2 N–H and O–H groups in total. The van der Waals surface area contributed by atoms with E-state index < -0.39 is 5.82 Å². The van der Waals surface area contributed by atoms with Gasteiger partial charge in [-0.15, -0.1) is 0 Å². The molecule has 0 aromatic heterocycles. The molecule has 0 unspecified atom stereocenters. The molecule has 2 amide bonds. The average Bonchev–Trinajstić information content (AvgIpc) is 2.95. The maximum absolute atomic E-state index is 13.6. The van der Waals surface area contributed by atoms with Gasteiger partial charge in [0, 0.05) is 26.7 Å². The van der Waals surface area contributed by atoms with Crippen molar-refractivity contribution in [1.29, 1.82) is 0 Å². The van der Waals surface area contributed by atoms with E-state index in [4.69, 9.17) is 4.74 Å². The first kappa shape index (κ1) is 16.7. The molecule has 1 saturated heterocycles. The molecule has 2 rings (SSSR count). The van der Waals surface area contributed by atoms with Gasteiger partial charge in [-0.25, -0.2) is 9.18 Å². The highest BCUT2D eigenvalue weighted by molar-refractivity contribution is 5.89. The minimum Gasteiger partial charge on any atom is -0.383 e. The Balaban J connectivity index is 1.73. The Bertz CT molecular complexity index is 510. The molecule has 1 aromatic carbocycles. The van der Waals surface area contributed by atoms with Crippen molar-refractivity contribution in [3.63, 3.8) is 0 Å². The normalized spacial score (nSPS) is 18.4. The molecule has 1 aromatic rings. The fourth-order valence-corrected chi connectivity index (χ4v) is 2.64. The number of urea groups is 1. The summed E-state index contributed by atoms with van der Waals surface area (Å²) in [6.07, 6.45) is 1.06. The molecule has 0 radical (unpaired) electrons. The second kappa shape index (κ2) is 8.10. The van der Waals surface area contributed by atoms with Crippen LogP contribution < -0.4 is 10.6 Å². The quantitative estimate of drug-likeness (QED) is 0.847. The number of hydrogen-bond acceptors (Lipinski definition) is 3. The van der Waals surface area contributed by atoms with Crippen LogP contribution in [0.4, 0.5) is 14.9 Å². The van der Waals surface area contributed by atoms with Gasteiger partial charge in [-0.3, -0.25) is 0 Å². The van der Waals surface area contributed by atoms with Crippen LogP contribution >= 0.6 is 0 Å². The highest BCUT2D eigenvalue weighted by Crippen LogP contribution is 2.16. The predicted molar refractivity (Wildman–Crippen MR) is 84.6 cm³/mol. The van der Waals surface area contributed by atoms with Gasteiger partial charge in [0.1, 0.15) is 5.82 Å². The Morgan fingerprint density at radius 3 is 3.09 bits per heavy atom. The molecular formula is C16H24FN3O2. The van der Waals surface area contributed by atoms with E-state index in [0.29, 0.717) is 12.5 Å². The number of halogens is 1. The zero-order valence-corrected chi connectivity index (χ0v) is 13.2. The first-order valence-corrected chi connectivity index (χ1v) is 7.61. The van der Waals surface area contributed by atoms with Gasteiger partial charge >= 0.3 is 6.03 Å². The molecule has 122 valence electrons. The van der Waals surface area contributed by atoms with Crippen molar-refractivity contribution < 1.29 is 13.9 Å². The van der Waals surface area contributed by atoms with Crippen molar-refractivity contribution >= 4 is 11.7 Å². The van der Waals surface area contributed by atoms with E-state index in [0.717, 1.165) is 38.2 Å². The van der Waals surface area contributed by atoms with Gasteiger partial charge in [0.25, 0.3) is 0 Å². The first-order valence-electron chi connectivity index (χ1n) is 7.61. The number of methoxy groups -OCH3 is 1. The smallest absolute Gasteiger partial charge is 0.319 e. The van der Waals surface area contributed by atoms with Crippen molar-refractivity contribution in [3.05, 3.63) is 29.6 Å². The molecular weight excluding hydrogens is 285 g/mol. The summed E-state index contributed by atoms with van der Waals surface area (Å²) < 4.78 is 18.6. The van der Waals surface area contributed by atoms with Gasteiger partial charge in [0.05, 0.1) is 12.3 Å². The molecule has 0 bridgehead atoms. The summed E-state index contributed by atoms with van der Waals surface area (Å²) in [4.78, 5) is 14.2. The Labute approximate surface area is 130 Å². The van der Waals surface area contributed by atoms with Gasteiger partial charge < -0.3 is 20.3 Å². The van der Waals surface area contributed by atoms with E-state index in [2.05, 4.69) is 15.5 Å². The molecule has 1 fully saturated rings. The van der Waals surface area contributed by atoms with E-state index in [1.807, 2.05) is 6.92 Å². The van der Waals surface area contributed by atoms with Crippen molar-refractivity contribution in [2.75, 3.05) is 45.2 Å². The molecule has 22 heavy (non-hydrogen) atoms. The summed E-state index contributed by atoms with van der Waals surface area (Å²) >= 11 is 0. The van der Waals surface area contributed by atoms with Crippen LogP contribution in [0.2, 0.25) is 0 Å². The van der Waals surface area contributed by atoms with Crippen LogP contribution in [0.25, 0.3) is 0 Å². The number of carbonyl (C=O) groups excluding carboxylic acids is 1. The third-order valence-corrected chi connectivity index (χ3v) is 3.90. The van der Waals surface area contributed by atoms with Crippen molar-refractivity contribution in [1.82, 2.24) is 10.2 Å². The lowest BCUT2D eigenvalue weighted by Gasteiger charge is -2.16. The summed E-state index contributed by atoms with van der Waals surface area (Å²) in [6.45, 7) is 6.10. The SMILES string of the molecule is COCCN1CC[C@H](CNC(=O)Nc2cc(C)ccc2F)C1. The van der Waals surface area contributed by atoms with Crippen LogP contribution in [0.1, 0.15) is 12.0 Å². The number of likely N-dealkylation sites (tertiary alicyclic amines) is 1. The zero-order chi connectivity index (χ0) is 15.9. The summed E-state index contributed by atoms with van der Waals surface area (Å²) in [5.41, 5.74) is 1.12. The van der Waals surface area contributed by atoms with Crippen LogP contribution in [0, 0.1) is 18.7 Å². The summed E-state index contributed by atoms with van der Waals surface area (Å²) in [5, 5.41) is 5.38. The van der Waals surface area contributed by atoms with E-state index in [1.54, 1.807) is 19.2 Å². The third kappa shape index (κ3) is 4.96. The Kier molecular flexibility index (Phi) is 6.15. The summed E-state index contributed by atoms with van der Waals surface area (Å²) in [5.74, 6) is 0.0114. The molecule has 1 atom stereocenters. The van der Waals surface area contributed by atoms with Gasteiger partial charge in [-0.2, -0.15) is 0 Å².